The van der Waals surface area contributed by atoms with E-state index in [1.54, 1.807) is 24.1 Å². The van der Waals surface area contributed by atoms with Crippen LogP contribution in [-0.4, -0.2) is 41.5 Å². The Kier molecular flexibility index (Phi) is 7.49. The zero-order valence-electron chi connectivity index (χ0n) is 21.4. The topological polar surface area (TPSA) is 67.8 Å². The van der Waals surface area contributed by atoms with Crippen LogP contribution in [0.15, 0.2) is 78.9 Å². The highest BCUT2D eigenvalue weighted by molar-refractivity contribution is 5.79. The molecule has 8 heteroatoms. The second-order valence-electron chi connectivity index (χ2n) is 9.25. The van der Waals surface area contributed by atoms with E-state index < -0.39 is 5.82 Å². The van der Waals surface area contributed by atoms with Gasteiger partial charge in [-0.2, -0.15) is 4.98 Å². The number of nitrogens with zero attached hydrogens (tertiary/aromatic N) is 4. The minimum Gasteiger partial charge on any atom is -0.497 e. The first-order chi connectivity index (χ1) is 18.5. The molecule has 1 aromatic heterocycles. The van der Waals surface area contributed by atoms with E-state index in [0.717, 1.165) is 22.4 Å². The second kappa shape index (κ2) is 11.3. The number of fused-ring (bicyclic) bond motifs is 1. The maximum absolute atomic E-state index is 13.9. The Balaban J connectivity index is 1.42. The Morgan fingerprint density at radius 3 is 2.53 bits per heavy atom. The summed E-state index contributed by atoms with van der Waals surface area (Å²) in [4.78, 5) is 26.5. The first-order valence-corrected chi connectivity index (χ1v) is 12.5. The molecule has 3 aromatic carbocycles. The Morgan fingerprint density at radius 2 is 1.74 bits per heavy atom. The van der Waals surface area contributed by atoms with Crippen molar-refractivity contribution in [2.24, 2.45) is 0 Å². The van der Waals surface area contributed by atoms with Crippen molar-refractivity contribution in [3.8, 4) is 17.4 Å². The average molecular weight is 513 g/mol. The van der Waals surface area contributed by atoms with Crippen LogP contribution in [0, 0.1) is 5.82 Å². The fraction of sp³-hybridized carbons (Fsp3) is 0.233. The second-order valence-corrected chi connectivity index (χ2v) is 9.25. The summed E-state index contributed by atoms with van der Waals surface area (Å²) >= 11 is 0. The summed E-state index contributed by atoms with van der Waals surface area (Å²) in [6.45, 7) is 1.46. The standard InChI is InChI=1S/C30H29FN4O3/c1-34(19-21-8-4-3-5-9-21)30-32-27-14-15-35(28(36)17-22-10-6-12-24(16-22)37-2)20-26(27)29(33-30)38-25-13-7-11-23(31)18-25/h3-13,16,18H,14-15,17,19-20H2,1-2H3. The molecule has 1 aliphatic rings. The van der Waals surface area contributed by atoms with E-state index in [1.807, 2.05) is 66.5 Å². The van der Waals surface area contributed by atoms with Crippen LogP contribution >= 0.6 is 0 Å². The zero-order valence-corrected chi connectivity index (χ0v) is 21.4. The molecule has 2 heterocycles. The first-order valence-electron chi connectivity index (χ1n) is 12.5. The van der Waals surface area contributed by atoms with E-state index in [0.29, 0.717) is 49.4 Å². The predicted octanol–water partition coefficient (Wildman–Crippen LogP) is 5.18. The number of amides is 1. The van der Waals surface area contributed by atoms with Gasteiger partial charge in [0, 0.05) is 32.6 Å². The molecular formula is C30H29FN4O3. The van der Waals surface area contributed by atoms with Crippen LogP contribution in [0.25, 0.3) is 0 Å². The molecule has 0 unspecified atom stereocenters. The maximum Gasteiger partial charge on any atom is 0.229 e. The predicted molar refractivity (Wildman–Crippen MR) is 143 cm³/mol. The summed E-state index contributed by atoms with van der Waals surface area (Å²) in [7, 11) is 3.53. The number of benzene rings is 3. The van der Waals surface area contributed by atoms with Crippen molar-refractivity contribution < 1.29 is 18.7 Å². The Bertz CT molecular complexity index is 1430. The number of hydrogen-bond donors (Lipinski definition) is 0. The number of carbonyl (C=O) groups excluding carboxylic acids is 1. The molecule has 0 radical (unpaired) electrons. The van der Waals surface area contributed by atoms with E-state index in [9.17, 15) is 9.18 Å². The third-order valence-electron chi connectivity index (χ3n) is 6.47. The Hall–Kier alpha value is -4.46. The maximum atomic E-state index is 13.9. The van der Waals surface area contributed by atoms with Crippen molar-refractivity contribution in [3.63, 3.8) is 0 Å². The number of aromatic nitrogens is 2. The summed E-state index contributed by atoms with van der Waals surface area (Å²) in [5, 5.41) is 0. The normalized spacial score (nSPS) is 12.6. The number of hydrogen-bond acceptors (Lipinski definition) is 6. The average Bonchev–Trinajstić information content (AvgIpc) is 2.93. The SMILES string of the molecule is COc1cccc(CC(=O)N2CCc3nc(N(C)Cc4ccccc4)nc(Oc4cccc(F)c4)c3C2)c1. The van der Waals surface area contributed by atoms with Crippen LogP contribution in [0.3, 0.4) is 0 Å². The number of rotatable bonds is 8. The van der Waals surface area contributed by atoms with Gasteiger partial charge in [-0.05, 0) is 35.4 Å². The van der Waals surface area contributed by atoms with Crippen molar-refractivity contribution in [2.45, 2.75) is 25.9 Å². The van der Waals surface area contributed by atoms with Gasteiger partial charge in [0.15, 0.2) is 0 Å². The molecular weight excluding hydrogens is 483 g/mol. The van der Waals surface area contributed by atoms with Crippen LogP contribution in [0.4, 0.5) is 10.3 Å². The van der Waals surface area contributed by atoms with Crippen LogP contribution in [0.1, 0.15) is 22.4 Å². The Morgan fingerprint density at radius 1 is 0.974 bits per heavy atom. The third-order valence-corrected chi connectivity index (χ3v) is 6.47. The van der Waals surface area contributed by atoms with E-state index in [4.69, 9.17) is 19.4 Å². The quantitative estimate of drug-likeness (QED) is 0.324. The molecule has 4 aromatic rings. The highest BCUT2D eigenvalue weighted by atomic mass is 19.1. The molecule has 0 aliphatic carbocycles. The molecule has 194 valence electrons. The van der Waals surface area contributed by atoms with E-state index in [1.165, 1.54) is 12.1 Å². The molecule has 1 aliphatic heterocycles. The fourth-order valence-corrected chi connectivity index (χ4v) is 4.48. The molecule has 38 heavy (non-hydrogen) atoms. The van der Waals surface area contributed by atoms with Gasteiger partial charge < -0.3 is 19.3 Å². The minimum absolute atomic E-state index is 0.00844. The molecule has 0 bridgehead atoms. The van der Waals surface area contributed by atoms with Crippen LogP contribution in [-0.2, 0) is 30.7 Å². The smallest absolute Gasteiger partial charge is 0.229 e. The molecule has 1 amide bonds. The van der Waals surface area contributed by atoms with Gasteiger partial charge in [-0.1, -0.05) is 48.5 Å². The summed E-state index contributed by atoms with van der Waals surface area (Å²) in [5.41, 5.74) is 3.56. The number of anilines is 1. The summed E-state index contributed by atoms with van der Waals surface area (Å²) in [6, 6.07) is 23.5. The van der Waals surface area contributed by atoms with Gasteiger partial charge in [0.25, 0.3) is 0 Å². The largest absolute Gasteiger partial charge is 0.497 e. The van der Waals surface area contributed by atoms with Crippen molar-refractivity contribution in [2.75, 3.05) is 25.6 Å². The minimum atomic E-state index is -0.401. The van der Waals surface area contributed by atoms with Crippen LogP contribution in [0.2, 0.25) is 0 Å². The lowest BCUT2D eigenvalue weighted by Gasteiger charge is -2.30. The molecule has 0 spiro atoms. The molecule has 5 rings (SSSR count). The van der Waals surface area contributed by atoms with Gasteiger partial charge in [-0.3, -0.25) is 4.79 Å². The van der Waals surface area contributed by atoms with E-state index in [-0.39, 0.29) is 12.3 Å². The van der Waals surface area contributed by atoms with Gasteiger partial charge in [0.2, 0.25) is 17.7 Å². The molecule has 0 saturated heterocycles. The van der Waals surface area contributed by atoms with E-state index >= 15 is 0 Å². The van der Waals surface area contributed by atoms with E-state index in [2.05, 4.69) is 0 Å². The molecule has 0 fully saturated rings. The Labute approximate surface area is 221 Å². The first kappa shape index (κ1) is 25.2. The van der Waals surface area contributed by atoms with Gasteiger partial charge >= 0.3 is 0 Å². The summed E-state index contributed by atoms with van der Waals surface area (Å²) in [5.74, 6) is 1.48. The zero-order chi connectivity index (χ0) is 26.5. The van der Waals surface area contributed by atoms with Crippen LogP contribution in [0.5, 0.6) is 17.4 Å². The lowest BCUT2D eigenvalue weighted by molar-refractivity contribution is -0.131. The highest BCUT2D eigenvalue weighted by Gasteiger charge is 2.27. The van der Waals surface area contributed by atoms with Gasteiger partial charge in [-0.25, -0.2) is 9.37 Å². The van der Waals surface area contributed by atoms with Crippen molar-refractivity contribution in [1.29, 1.82) is 0 Å². The van der Waals surface area contributed by atoms with Crippen molar-refractivity contribution >= 4 is 11.9 Å². The fourth-order valence-electron chi connectivity index (χ4n) is 4.48. The monoisotopic (exact) mass is 512 g/mol. The van der Waals surface area contributed by atoms with Gasteiger partial charge in [0.1, 0.15) is 17.3 Å². The van der Waals surface area contributed by atoms with Crippen molar-refractivity contribution in [1.82, 2.24) is 14.9 Å². The lowest BCUT2D eigenvalue weighted by atomic mass is 10.0. The van der Waals surface area contributed by atoms with Crippen LogP contribution < -0.4 is 14.4 Å². The number of carbonyl (C=O) groups is 1. The highest BCUT2D eigenvalue weighted by Crippen LogP contribution is 2.32. The van der Waals surface area contributed by atoms with Crippen molar-refractivity contribution in [3.05, 3.63) is 107 Å². The lowest BCUT2D eigenvalue weighted by Crippen LogP contribution is -2.38. The molecule has 0 N–H and O–H groups in total. The molecule has 7 nitrogen and oxygen atoms in total. The number of ether oxygens (including phenoxy) is 2. The number of methoxy groups -OCH3 is 1. The molecule has 0 atom stereocenters. The number of halogens is 1. The van der Waals surface area contributed by atoms with Gasteiger partial charge in [0.05, 0.1) is 31.3 Å². The third kappa shape index (κ3) is 5.91. The summed E-state index contributed by atoms with van der Waals surface area (Å²) < 4.78 is 25.3. The summed E-state index contributed by atoms with van der Waals surface area (Å²) in [6.07, 6.45) is 0.818. The van der Waals surface area contributed by atoms with Gasteiger partial charge in [-0.15, -0.1) is 0 Å². The molecule has 0 saturated carbocycles.